The Morgan fingerprint density at radius 3 is 1.88 bits per heavy atom. The van der Waals surface area contributed by atoms with Gasteiger partial charge in [-0.05, 0) is 113 Å². The number of hydrogen-bond acceptors (Lipinski definition) is 1. The van der Waals surface area contributed by atoms with Gasteiger partial charge in [-0.3, -0.25) is 0 Å². The van der Waals surface area contributed by atoms with Crippen molar-refractivity contribution in [1.29, 1.82) is 0 Å². The SMILES string of the molecule is CC1CCC(C2CCC(/C=C/C3CCC(C4CCC(/C(F)=C/CF)CC4)OC3)CC2)CC1. The molecule has 4 aliphatic rings. The molecule has 182 valence electrons. The van der Waals surface area contributed by atoms with Crippen molar-refractivity contribution >= 4 is 0 Å². The molecule has 0 aromatic rings. The molecule has 1 heterocycles. The van der Waals surface area contributed by atoms with Gasteiger partial charge < -0.3 is 4.74 Å². The summed E-state index contributed by atoms with van der Waals surface area (Å²) in [5, 5.41) is 0. The quantitative estimate of drug-likeness (QED) is 0.370. The van der Waals surface area contributed by atoms with Crippen molar-refractivity contribution in [2.24, 2.45) is 41.4 Å². The van der Waals surface area contributed by atoms with E-state index in [0.29, 0.717) is 17.9 Å². The summed E-state index contributed by atoms with van der Waals surface area (Å²) in [5.41, 5.74) is 0. The molecule has 0 spiro atoms. The van der Waals surface area contributed by atoms with E-state index in [9.17, 15) is 8.78 Å². The summed E-state index contributed by atoms with van der Waals surface area (Å²) in [5.74, 6) is 4.62. The van der Waals surface area contributed by atoms with E-state index >= 15 is 0 Å². The second kappa shape index (κ2) is 12.1. The van der Waals surface area contributed by atoms with Crippen molar-refractivity contribution in [1.82, 2.24) is 0 Å². The highest BCUT2D eigenvalue weighted by Crippen LogP contribution is 2.42. The molecular formula is C29H46F2O. The van der Waals surface area contributed by atoms with E-state index < -0.39 is 6.67 Å². The van der Waals surface area contributed by atoms with Crippen molar-refractivity contribution in [3.63, 3.8) is 0 Å². The second-order valence-corrected chi connectivity index (χ2v) is 11.6. The molecule has 0 aromatic carbocycles. The van der Waals surface area contributed by atoms with E-state index in [0.717, 1.165) is 68.5 Å². The Bertz CT molecular complexity index is 597. The Hall–Kier alpha value is -0.700. The number of alkyl halides is 1. The number of allylic oxidation sites excluding steroid dienone is 3. The molecule has 32 heavy (non-hydrogen) atoms. The van der Waals surface area contributed by atoms with Crippen molar-refractivity contribution in [2.75, 3.05) is 13.3 Å². The van der Waals surface area contributed by atoms with Gasteiger partial charge in [0.15, 0.2) is 0 Å². The van der Waals surface area contributed by atoms with Crippen LogP contribution in [0, 0.1) is 41.4 Å². The molecule has 4 rings (SSSR count). The van der Waals surface area contributed by atoms with Crippen molar-refractivity contribution in [3.8, 4) is 0 Å². The third kappa shape index (κ3) is 6.67. The lowest BCUT2D eigenvalue weighted by Crippen LogP contribution is -2.34. The molecule has 0 amide bonds. The van der Waals surface area contributed by atoms with Crippen LogP contribution in [0.2, 0.25) is 0 Å². The Kier molecular flexibility index (Phi) is 9.26. The Labute approximate surface area is 195 Å². The lowest BCUT2D eigenvalue weighted by Gasteiger charge is -2.37. The zero-order chi connectivity index (χ0) is 22.3. The number of ether oxygens (including phenoxy) is 1. The van der Waals surface area contributed by atoms with E-state index in [1.807, 2.05) is 0 Å². The molecule has 3 saturated carbocycles. The molecule has 1 aliphatic heterocycles. The van der Waals surface area contributed by atoms with Gasteiger partial charge in [-0.2, -0.15) is 0 Å². The lowest BCUT2D eigenvalue weighted by molar-refractivity contribution is -0.0486. The van der Waals surface area contributed by atoms with Crippen LogP contribution < -0.4 is 0 Å². The molecule has 3 heteroatoms. The van der Waals surface area contributed by atoms with Gasteiger partial charge in [0.2, 0.25) is 0 Å². The molecule has 2 atom stereocenters. The van der Waals surface area contributed by atoms with Crippen LogP contribution in [-0.2, 0) is 4.74 Å². The van der Waals surface area contributed by atoms with Gasteiger partial charge in [0.1, 0.15) is 12.5 Å². The van der Waals surface area contributed by atoms with E-state index in [1.54, 1.807) is 0 Å². The second-order valence-electron chi connectivity index (χ2n) is 11.6. The van der Waals surface area contributed by atoms with Crippen LogP contribution in [0.25, 0.3) is 0 Å². The standard InChI is InChI=1S/C29H46F2O/c1-21-2-9-24(10-3-21)25-11-6-22(7-12-25)4-5-23-8-17-29(32-20-23)27-15-13-26(14-16-27)28(31)18-19-30/h4-5,18,21-27,29H,2-3,6-17,19-20H2,1H3/b5-4+,28-18-. The minimum atomic E-state index is -0.687. The summed E-state index contributed by atoms with van der Waals surface area (Å²) in [6.45, 7) is 2.59. The van der Waals surface area contributed by atoms with Crippen LogP contribution >= 0.6 is 0 Å². The van der Waals surface area contributed by atoms with Gasteiger partial charge in [0.05, 0.1) is 12.7 Å². The van der Waals surface area contributed by atoms with E-state index in [4.69, 9.17) is 4.74 Å². The fraction of sp³-hybridized carbons (Fsp3) is 0.862. The highest BCUT2D eigenvalue weighted by molar-refractivity contribution is 5.01. The number of rotatable bonds is 6. The predicted molar refractivity (Wildman–Crippen MR) is 129 cm³/mol. The first-order chi connectivity index (χ1) is 15.6. The number of hydrogen-bond donors (Lipinski definition) is 0. The summed E-state index contributed by atoms with van der Waals surface area (Å²) < 4.78 is 32.5. The zero-order valence-electron chi connectivity index (χ0n) is 20.3. The van der Waals surface area contributed by atoms with Gasteiger partial charge >= 0.3 is 0 Å². The first-order valence-electron chi connectivity index (χ1n) is 13.8. The fourth-order valence-corrected chi connectivity index (χ4v) is 7.20. The van der Waals surface area contributed by atoms with Crippen molar-refractivity contribution < 1.29 is 13.5 Å². The smallest absolute Gasteiger partial charge is 0.110 e. The molecule has 0 bridgehead atoms. The molecule has 0 radical (unpaired) electrons. The summed E-state index contributed by atoms with van der Waals surface area (Å²) in [6, 6.07) is 0. The molecular weight excluding hydrogens is 402 g/mol. The van der Waals surface area contributed by atoms with Gasteiger partial charge in [-0.1, -0.05) is 31.9 Å². The predicted octanol–water partition coefficient (Wildman–Crippen LogP) is 8.60. The third-order valence-electron chi connectivity index (χ3n) is 9.51. The molecule has 1 saturated heterocycles. The molecule has 0 N–H and O–H groups in total. The Balaban J connectivity index is 1.13. The molecule has 1 nitrogen and oxygen atoms in total. The van der Waals surface area contributed by atoms with E-state index in [2.05, 4.69) is 19.1 Å². The third-order valence-corrected chi connectivity index (χ3v) is 9.51. The first-order valence-corrected chi connectivity index (χ1v) is 13.8. The monoisotopic (exact) mass is 448 g/mol. The van der Waals surface area contributed by atoms with Crippen LogP contribution in [0.3, 0.4) is 0 Å². The van der Waals surface area contributed by atoms with Gasteiger partial charge in [-0.15, -0.1) is 0 Å². The largest absolute Gasteiger partial charge is 0.377 e. The van der Waals surface area contributed by atoms with Gasteiger partial charge in [-0.25, -0.2) is 8.78 Å². The maximum Gasteiger partial charge on any atom is 0.110 e. The maximum absolute atomic E-state index is 13.9. The Morgan fingerprint density at radius 2 is 1.28 bits per heavy atom. The summed E-state index contributed by atoms with van der Waals surface area (Å²) in [7, 11) is 0. The summed E-state index contributed by atoms with van der Waals surface area (Å²) in [4.78, 5) is 0. The molecule has 0 aromatic heterocycles. The lowest BCUT2D eigenvalue weighted by atomic mass is 9.69. The topological polar surface area (TPSA) is 9.23 Å². The minimum absolute atomic E-state index is 0.0574. The van der Waals surface area contributed by atoms with Crippen molar-refractivity contribution in [2.45, 2.75) is 103 Å². The van der Waals surface area contributed by atoms with Crippen LogP contribution in [0.1, 0.15) is 96.8 Å². The molecule has 3 aliphatic carbocycles. The number of halogens is 2. The van der Waals surface area contributed by atoms with Crippen LogP contribution in [0.15, 0.2) is 24.1 Å². The van der Waals surface area contributed by atoms with E-state index in [-0.39, 0.29) is 11.7 Å². The van der Waals surface area contributed by atoms with Gasteiger partial charge in [0, 0.05) is 11.8 Å². The average molecular weight is 449 g/mol. The summed E-state index contributed by atoms with van der Waals surface area (Å²) >= 11 is 0. The minimum Gasteiger partial charge on any atom is -0.377 e. The summed E-state index contributed by atoms with van der Waals surface area (Å²) in [6.07, 6.45) is 24.1. The van der Waals surface area contributed by atoms with E-state index in [1.165, 1.54) is 57.8 Å². The van der Waals surface area contributed by atoms with Crippen LogP contribution in [0.4, 0.5) is 8.78 Å². The molecule has 2 unspecified atom stereocenters. The molecule has 4 fully saturated rings. The van der Waals surface area contributed by atoms with Crippen molar-refractivity contribution in [3.05, 3.63) is 24.1 Å². The normalized spacial score (nSPS) is 42.3. The highest BCUT2D eigenvalue weighted by Gasteiger charge is 2.33. The van der Waals surface area contributed by atoms with Gasteiger partial charge in [0.25, 0.3) is 0 Å². The van der Waals surface area contributed by atoms with Crippen LogP contribution in [0.5, 0.6) is 0 Å². The Morgan fingerprint density at radius 1 is 0.719 bits per heavy atom. The highest BCUT2D eigenvalue weighted by atomic mass is 19.1. The maximum atomic E-state index is 13.9. The fourth-order valence-electron chi connectivity index (χ4n) is 7.20. The zero-order valence-corrected chi connectivity index (χ0v) is 20.3. The van der Waals surface area contributed by atoms with Crippen LogP contribution in [-0.4, -0.2) is 19.4 Å². The average Bonchev–Trinajstić information content (AvgIpc) is 2.84. The first kappa shape index (κ1) is 24.4.